The molecular formula is C17H22N4O3. The molecule has 1 amide bonds. The maximum Gasteiger partial charge on any atom is 0.410 e. The van der Waals surface area contributed by atoms with Crippen LogP contribution in [0.4, 0.5) is 10.6 Å². The van der Waals surface area contributed by atoms with Gasteiger partial charge in [0.1, 0.15) is 23.4 Å². The Labute approximate surface area is 141 Å². The minimum atomic E-state index is -0.473. The molecule has 128 valence electrons. The molecule has 2 aromatic heterocycles. The van der Waals surface area contributed by atoms with E-state index < -0.39 is 5.60 Å². The number of rotatable bonds is 2. The highest BCUT2D eigenvalue weighted by Gasteiger charge is 2.26. The number of carbonyl (C=O) groups is 1. The molecule has 2 aromatic rings. The van der Waals surface area contributed by atoms with Gasteiger partial charge in [-0.05, 0) is 32.9 Å². The molecule has 1 aliphatic rings. The van der Waals surface area contributed by atoms with Crippen LogP contribution in [0.2, 0.25) is 0 Å². The number of furan rings is 1. The predicted octanol–water partition coefficient (Wildman–Crippen LogP) is 2.79. The zero-order valence-corrected chi connectivity index (χ0v) is 14.2. The summed E-state index contributed by atoms with van der Waals surface area (Å²) in [7, 11) is 0. The summed E-state index contributed by atoms with van der Waals surface area (Å²) < 4.78 is 10.8. The summed E-state index contributed by atoms with van der Waals surface area (Å²) in [5, 5.41) is 0. The van der Waals surface area contributed by atoms with Crippen LogP contribution in [0, 0.1) is 0 Å². The first-order valence-electron chi connectivity index (χ1n) is 8.01. The molecule has 0 bridgehead atoms. The SMILES string of the molecule is CC(C)(C)OC(=O)N1CCN(c2cc(-c3ccco3)ncn2)CC1. The minimum absolute atomic E-state index is 0.263. The summed E-state index contributed by atoms with van der Waals surface area (Å²) in [5.41, 5.74) is 0.276. The number of anilines is 1. The minimum Gasteiger partial charge on any atom is -0.463 e. The van der Waals surface area contributed by atoms with Gasteiger partial charge >= 0.3 is 6.09 Å². The normalized spacial score (nSPS) is 15.5. The van der Waals surface area contributed by atoms with Gasteiger partial charge in [-0.3, -0.25) is 0 Å². The average Bonchev–Trinajstić information content (AvgIpc) is 3.08. The molecule has 24 heavy (non-hydrogen) atoms. The van der Waals surface area contributed by atoms with Crippen molar-refractivity contribution in [1.82, 2.24) is 14.9 Å². The lowest BCUT2D eigenvalue weighted by Crippen LogP contribution is -2.50. The van der Waals surface area contributed by atoms with Crippen LogP contribution in [0.25, 0.3) is 11.5 Å². The molecule has 0 saturated carbocycles. The van der Waals surface area contributed by atoms with Crippen LogP contribution in [-0.2, 0) is 4.74 Å². The molecule has 0 aliphatic carbocycles. The maximum atomic E-state index is 12.1. The van der Waals surface area contributed by atoms with E-state index in [1.54, 1.807) is 11.2 Å². The lowest BCUT2D eigenvalue weighted by molar-refractivity contribution is 0.0240. The highest BCUT2D eigenvalue weighted by Crippen LogP contribution is 2.22. The number of amides is 1. The quantitative estimate of drug-likeness (QED) is 0.843. The Bertz CT molecular complexity index is 686. The summed E-state index contributed by atoms with van der Waals surface area (Å²) >= 11 is 0. The Morgan fingerprint density at radius 2 is 1.96 bits per heavy atom. The zero-order valence-electron chi connectivity index (χ0n) is 14.2. The van der Waals surface area contributed by atoms with Gasteiger partial charge in [-0.15, -0.1) is 0 Å². The predicted molar refractivity (Wildman–Crippen MR) is 89.8 cm³/mol. The van der Waals surface area contributed by atoms with E-state index in [2.05, 4.69) is 14.9 Å². The zero-order chi connectivity index (χ0) is 17.2. The lowest BCUT2D eigenvalue weighted by Gasteiger charge is -2.36. The van der Waals surface area contributed by atoms with Crippen molar-refractivity contribution in [3.05, 3.63) is 30.8 Å². The average molecular weight is 330 g/mol. The number of carbonyl (C=O) groups excluding carboxylic acids is 1. The van der Waals surface area contributed by atoms with E-state index >= 15 is 0 Å². The van der Waals surface area contributed by atoms with Crippen molar-refractivity contribution < 1.29 is 13.9 Å². The monoisotopic (exact) mass is 330 g/mol. The summed E-state index contributed by atoms with van der Waals surface area (Å²) in [4.78, 5) is 24.6. The van der Waals surface area contributed by atoms with Gasteiger partial charge in [0, 0.05) is 32.2 Å². The van der Waals surface area contributed by atoms with E-state index in [0.717, 1.165) is 11.5 Å². The second-order valence-corrected chi connectivity index (χ2v) is 6.69. The van der Waals surface area contributed by atoms with Gasteiger partial charge in [0.05, 0.1) is 6.26 Å². The molecule has 3 heterocycles. The van der Waals surface area contributed by atoms with Crippen LogP contribution in [0.1, 0.15) is 20.8 Å². The van der Waals surface area contributed by atoms with Crippen molar-refractivity contribution in [3.8, 4) is 11.5 Å². The molecular weight excluding hydrogens is 308 g/mol. The van der Waals surface area contributed by atoms with Gasteiger partial charge in [-0.25, -0.2) is 14.8 Å². The fourth-order valence-electron chi connectivity index (χ4n) is 2.52. The summed E-state index contributed by atoms with van der Waals surface area (Å²) in [6, 6.07) is 5.60. The Kier molecular flexibility index (Phi) is 4.42. The van der Waals surface area contributed by atoms with Gasteiger partial charge < -0.3 is 19.0 Å². The van der Waals surface area contributed by atoms with Crippen LogP contribution in [0.3, 0.4) is 0 Å². The third kappa shape index (κ3) is 3.84. The number of nitrogens with zero attached hydrogens (tertiary/aromatic N) is 4. The van der Waals surface area contributed by atoms with E-state index in [4.69, 9.17) is 9.15 Å². The van der Waals surface area contributed by atoms with Crippen LogP contribution in [0.15, 0.2) is 35.2 Å². The first-order chi connectivity index (χ1) is 11.4. The number of hydrogen-bond donors (Lipinski definition) is 0. The van der Waals surface area contributed by atoms with Gasteiger partial charge in [0.2, 0.25) is 0 Å². The summed E-state index contributed by atoms with van der Waals surface area (Å²) in [6.07, 6.45) is 2.89. The topological polar surface area (TPSA) is 71.7 Å². The van der Waals surface area contributed by atoms with E-state index in [1.165, 1.54) is 6.33 Å². The number of aromatic nitrogens is 2. The molecule has 0 aromatic carbocycles. The van der Waals surface area contributed by atoms with Crippen LogP contribution >= 0.6 is 0 Å². The van der Waals surface area contributed by atoms with E-state index in [0.29, 0.717) is 31.9 Å². The number of hydrogen-bond acceptors (Lipinski definition) is 6. The molecule has 1 fully saturated rings. The fourth-order valence-corrected chi connectivity index (χ4v) is 2.52. The molecule has 0 radical (unpaired) electrons. The largest absolute Gasteiger partial charge is 0.463 e. The standard InChI is InChI=1S/C17H22N4O3/c1-17(2,3)24-16(22)21-8-6-20(7-9-21)15-11-13(18-12-19-15)14-5-4-10-23-14/h4-5,10-12H,6-9H2,1-3H3. The van der Waals surface area contributed by atoms with Crippen molar-refractivity contribution >= 4 is 11.9 Å². The Hall–Kier alpha value is -2.57. The fraction of sp³-hybridized carbons (Fsp3) is 0.471. The summed E-state index contributed by atoms with van der Waals surface area (Å²) in [6.45, 7) is 8.24. The molecule has 7 heteroatoms. The van der Waals surface area contributed by atoms with Crippen LogP contribution < -0.4 is 4.90 Å². The first kappa shape index (κ1) is 16.3. The van der Waals surface area contributed by atoms with E-state index in [1.807, 2.05) is 39.0 Å². The second kappa shape index (κ2) is 6.51. The molecule has 0 atom stereocenters. The van der Waals surface area contributed by atoms with Gasteiger partial charge in [0.25, 0.3) is 0 Å². The van der Waals surface area contributed by atoms with E-state index in [9.17, 15) is 4.79 Å². The Balaban J connectivity index is 1.63. The summed E-state index contributed by atoms with van der Waals surface area (Å²) in [5.74, 6) is 1.55. The molecule has 1 saturated heterocycles. The van der Waals surface area contributed by atoms with E-state index in [-0.39, 0.29) is 6.09 Å². The third-order valence-corrected chi connectivity index (χ3v) is 3.68. The molecule has 1 aliphatic heterocycles. The molecule has 3 rings (SSSR count). The van der Waals surface area contributed by atoms with Crippen molar-refractivity contribution in [2.24, 2.45) is 0 Å². The number of piperazine rings is 1. The lowest BCUT2D eigenvalue weighted by atomic mass is 10.2. The van der Waals surface area contributed by atoms with Crippen molar-refractivity contribution in [3.63, 3.8) is 0 Å². The molecule has 7 nitrogen and oxygen atoms in total. The van der Waals surface area contributed by atoms with Crippen LogP contribution in [0.5, 0.6) is 0 Å². The van der Waals surface area contributed by atoms with Crippen molar-refractivity contribution in [1.29, 1.82) is 0 Å². The number of ether oxygens (including phenoxy) is 1. The second-order valence-electron chi connectivity index (χ2n) is 6.69. The van der Waals surface area contributed by atoms with Gasteiger partial charge in [-0.2, -0.15) is 0 Å². The molecule has 0 N–H and O–H groups in total. The molecule has 0 unspecified atom stereocenters. The van der Waals surface area contributed by atoms with Crippen molar-refractivity contribution in [2.75, 3.05) is 31.1 Å². The van der Waals surface area contributed by atoms with Crippen molar-refractivity contribution in [2.45, 2.75) is 26.4 Å². The third-order valence-electron chi connectivity index (χ3n) is 3.68. The highest BCUT2D eigenvalue weighted by atomic mass is 16.6. The van der Waals surface area contributed by atoms with Crippen LogP contribution in [-0.4, -0.2) is 52.7 Å². The first-order valence-corrected chi connectivity index (χ1v) is 8.01. The Morgan fingerprint density at radius 1 is 1.21 bits per heavy atom. The molecule has 0 spiro atoms. The van der Waals surface area contributed by atoms with Gasteiger partial charge in [0.15, 0.2) is 5.76 Å². The highest BCUT2D eigenvalue weighted by molar-refractivity contribution is 5.68. The smallest absolute Gasteiger partial charge is 0.410 e. The Morgan fingerprint density at radius 3 is 2.58 bits per heavy atom. The van der Waals surface area contributed by atoms with Gasteiger partial charge in [-0.1, -0.05) is 0 Å². The maximum absolute atomic E-state index is 12.1.